The average molecular weight is 224 g/mol. The molecule has 1 nitrogen and oxygen atoms in total. The summed E-state index contributed by atoms with van der Waals surface area (Å²) in [7, 11) is 0. The van der Waals surface area contributed by atoms with Gasteiger partial charge in [0, 0.05) is 0 Å². The predicted molar refractivity (Wildman–Crippen MR) is 64.9 cm³/mol. The quantitative estimate of drug-likeness (QED) is 0.812. The fourth-order valence-electron chi connectivity index (χ4n) is 1.96. The van der Waals surface area contributed by atoms with E-state index in [1.165, 1.54) is 12.1 Å². The van der Waals surface area contributed by atoms with E-state index in [9.17, 15) is 9.50 Å². The first kappa shape index (κ1) is 13.2. The van der Waals surface area contributed by atoms with Gasteiger partial charge in [-0.05, 0) is 48.9 Å². The van der Waals surface area contributed by atoms with Crippen molar-refractivity contribution in [1.29, 1.82) is 0 Å². The van der Waals surface area contributed by atoms with E-state index in [0.29, 0.717) is 12.3 Å². The van der Waals surface area contributed by atoms with Crippen molar-refractivity contribution in [2.45, 2.75) is 46.1 Å². The van der Waals surface area contributed by atoms with Crippen molar-refractivity contribution in [3.05, 3.63) is 35.1 Å². The first-order valence-corrected chi connectivity index (χ1v) is 5.97. The average Bonchev–Trinajstić information content (AvgIpc) is 2.22. The molecule has 1 aromatic rings. The third-order valence-corrected chi connectivity index (χ3v) is 3.13. The summed E-state index contributed by atoms with van der Waals surface area (Å²) in [6, 6.07) is 4.75. The van der Waals surface area contributed by atoms with E-state index in [2.05, 4.69) is 13.8 Å². The summed E-state index contributed by atoms with van der Waals surface area (Å²) in [4.78, 5) is 0. The van der Waals surface area contributed by atoms with E-state index in [1.807, 2.05) is 6.92 Å². The van der Waals surface area contributed by atoms with Crippen molar-refractivity contribution >= 4 is 0 Å². The van der Waals surface area contributed by atoms with Gasteiger partial charge in [-0.2, -0.15) is 0 Å². The van der Waals surface area contributed by atoms with Crippen molar-refractivity contribution in [2.75, 3.05) is 0 Å². The van der Waals surface area contributed by atoms with Crippen LogP contribution in [0.15, 0.2) is 18.2 Å². The SMILES string of the molecule is CCCC(C)C(O)Cc1ccc(F)cc1C. The maximum Gasteiger partial charge on any atom is 0.123 e. The third kappa shape index (κ3) is 3.60. The Hall–Kier alpha value is -0.890. The van der Waals surface area contributed by atoms with E-state index in [-0.39, 0.29) is 11.9 Å². The zero-order chi connectivity index (χ0) is 12.1. The van der Waals surface area contributed by atoms with E-state index in [1.54, 1.807) is 6.07 Å². The molecule has 1 rings (SSSR count). The Balaban J connectivity index is 2.65. The minimum Gasteiger partial charge on any atom is -0.393 e. The topological polar surface area (TPSA) is 20.2 Å². The van der Waals surface area contributed by atoms with E-state index in [0.717, 1.165) is 24.0 Å². The van der Waals surface area contributed by atoms with Crippen LogP contribution in [0.2, 0.25) is 0 Å². The molecule has 0 aliphatic rings. The minimum absolute atomic E-state index is 0.211. The van der Waals surface area contributed by atoms with Crippen LogP contribution in [0, 0.1) is 18.7 Å². The number of hydrogen-bond donors (Lipinski definition) is 1. The highest BCUT2D eigenvalue weighted by Crippen LogP contribution is 2.18. The third-order valence-electron chi connectivity index (χ3n) is 3.13. The lowest BCUT2D eigenvalue weighted by atomic mass is 9.92. The first-order valence-electron chi connectivity index (χ1n) is 5.97. The lowest BCUT2D eigenvalue weighted by Gasteiger charge is -2.19. The molecule has 0 saturated heterocycles. The molecule has 0 heterocycles. The van der Waals surface area contributed by atoms with Gasteiger partial charge in [0.15, 0.2) is 0 Å². The molecule has 0 aliphatic heterocycles. The molecule has 0 saturated carbocycles. The van der Waals surface area contributed by atoms with Crippen molar-refractivity contribution < 1.29 is 9.50 Å². The van der Waals surface area contributed by atoms with Gasteiger partial charge in [0.05, 0.1) is 6.10 Å². The molecule has 0 fully saturated rings. The molecule has 0 radical (unpaired) electrons. The fourth-order valence-corrected chi connectivity index (χ4v) is 1.96. The van der Waals surface area contributed by atoms with Crippen molar-refractivity contribution in [2.24, 2.45) is 5.92 Å². The van der Waals surface area contributed by atoms with Crippen LogP contribution < -0.4 is 0 Å². The van der Waals surface area contributed by atoms with Crippen LogP contribution in [0.25, 0.3) is 0 Å². The molecule has 1 N–H and O–H groups in total. The molecule has 0 aromatic heterocycles. The monoisotopic (exact) mass is 224 g/mol. The molecule has 0 bridgehead atoms. The van der Waals surface area contributed by atoms with Gasteiger partial charge in [-0.15, -0.1) is 0 Å². The summed E-state index contributed by atoms with van der Waals surface area (Å²) in [5.41, 5.74) is 1.96. The summed E-state index contributed by atoms with van der Waals surface area (Å²) in [6.45, 7) is 6.06. The van der Waals surface area contributed by atoms with E-state index < -0.39 is 0 Å². The normalized spacial score (nSPS) is 14.8. The summed E-state index contributed by atoms with van der Waals surface area (Å²) >= 11 is 0. The van der Waals surface area contributed by atoms with Crippen LogP contribution >= 0.6 is 0 Å². The smallest absolute Gasteiger partial charge is 0.123 e. The highest BCUT2D eigenvalue weighted by molar-refractivity contribution is 5.27. The van der Waals surface area contributed by atoms with Crippen LogP contribution in [-0.4, -0.2) is 11.2 Å². The Morgan fingerprint density at radius 2 is 2.06 bits per heavy atom. The van der Waals surface area contributed by atoms with Crippen molar-refractivity contribution in [3.63, 3.8) is 0 Å². The molecule has 90 valence electrons. The second-order valence-corrected chi connectivity index (χ2v) is 4.61. The molecule has 2 unspecified atom stereocenters. The van der Waals surface area contributed by atoms with Gasteiger partial charge in [-0.25, -0.2) is 4.39 Å². The molecule has 0 amide bonds. The number of aliphatic hydroxyl groups is 1. The number of halogens is 1. The van der Waals surface area contributed by atoms with Gasteiger partial charge in [-0.1, -0.05) is 26.3 Å². The Labute approximate surface area is 97.3 Å². The Morgan fingerprint density at radius 3 is 2.62 bits per heavy atom. The molecule has 2 heteroatoms. The van der Waals surface area contributed by atoms with Gasteiger partial charge in [-0.3, -0.25) is 0 Å². The van der Waals surface area contributed by atoms with Gasteiger partial charge >= 0.3 is 0 Å². The Morgan fingerprint density at radius 1 is 1.38 bits per heavy atom. The molecular weight excluding hydrogens is 203 g/mol. The van der Waals surface area contributed by atoms with Crippen molar-refractivity contribution in [1.82, 2.24) is 0 Å². The van der Waals surface area contributed by atoms with Gasteiger partial charge in [0.1, 0.15) is 5.82 Å². The zero-order valence-corrected chi connectivity index (χ0v) is 10.3. The fraction of sp³-hybridized carbons (Fsp3) is 0.571. The molecular formula is C14H21FO. The highest BCUT2D eigenvalue weighted by atomic mass is 19.1. The number of rotatable bonds is 5. The first-order chi connectivity index (χ1) is 7.54. The zero-order valence-electron chi connectivity index (χ0n) is 10.3. The van der Waals surface area contributed by atoms with Crippen LogP contribution in [0.3, 0.4) is 0 Å². The predicted octanol–water partition coefficient (Wildman–Crippen LogP) is 3.47. The summed E-state index contributed by atoms with van der Waals surface area (Å²) in [6.07, 6.45) is 2.40. The molecule has 16 heavy (non-hydrogen) atoms. The number of aryl methyl sites for hydroxylation is 1. The van der Waals surface area contributed by atoms with Crippen LogP contribution in [0.4, 0.5) is 4.39 Å². The summed E-state index contributed by atoms with van der Waals surface area (Å²) in [5.74, 6) is 0.0896. The van der Waals surface area contributed by atoms with Crippen molar-refractivity contribution in [3.8, 4) is 0 Å². The molecule has 0 spiro atoms. The highest BCUT2D eigenvalue weighted by Gasteiger charge is 2.14. The van der Waals surface area contributed by atoms with E-state index >= 15 is 0 Å². The maximum atomic E-state index is 12.9. The van der Waals surface area contributed by atoms with E-state index in [4.69, 9.17) is 0 Å². The largest absolute Gasteiger partial charge is 0.393 e. The molecule has 1 aromatic carbocycles. The minimum atomic E-state index is -0.330. The Kier molecular flexibility index (Phi) is 4.94. The second kappa shape index (κ2) is 6.00. The summed E-state index contributed by atoms with van der Waals surface area (Å²) < 4.78 is 12.9. The summed E-state index contributed by atoms with van der Waals surface area (Å²) in [5, 5.41) is 10.0. The van der Waals surface area contributed by atoms with Gasteiger partial charge in [0.25, 0.3) is 0 Å². The van der Waals surface area contributed by atoms with Gasteiger partial charge < -0.3 is 5.11 Å². The number of aliphatic hydroxyl groups excluding tert-OH is 1. The molecule has 0 aliphatic carbocycles. The lowest BCUT2D eigenvalue weighted by Crippen LogP contribution is -2.20. The Bertz CT molecular complexity index is 336. The number of benzene rings is 1. The standard InChI is InChI=1S/C14H21FO/c1-4-5-10(2)14(16)9-12-6-7-13(15)8-11(12)3/h6-8,10,14,16H,4-5,9H2,1-3H3. The lowest BCUT2D eigenvalue weighted by molar-refractivity contribution is 0.111. The van der Waals surface area contributed by atoms with Crippen LogP contribution in [0.5, 0.6) is 0 Å². The molecule has 2 atom stereocenters. The second-order valence-electron chi connectivity index (χ2n) is 4.61. The maximum absolute atomic E-state index is 12.9. The number of hydrogen-bond acceptors (Lipinski definition) is 1. The van der Waals surface area contributed by atoms with Crippen LogP contribution in [0.1, 0.15) is 37.8 Å². The van der Waals surface area contributed by atoms with Crippen LogP contribution in [-0.2, 0) is 6.42 Å². The van der Waals surface area contributed by atoms with Gasteiger partial charge in [0.2, 0.25) is 0 Å².